The van der Waals surface area contributed by atoms with Crippen LogP contribution in [0.2, 0.25) is 5.02 Å². The van der Waals surface area contributed by atoms with E-state index in [2.05, 4.69) is 11.9 Å². The minimum atomic E-state index is 0.684. The molecule has 1 heterocycles. The number of halogens is 1. The zero-order valence-corrected chi connectivity index (χ0v) is 12.4. The third-order valence-electron chi connectivity index (χ3n) is 3.39. The lowest BCUT2D eigenvalue weighted by Gasteiger charge is -2.11. The van der Waals surface area contributed by atoms with Crippen LogP contribution < -0.4 is 10.5 Å². The van der Waals surface area contributed by atoms with E-state index < -0.39 is 0 Å². The molecular weight excluding hydrogens is 284 g/mol. The number of ether oxygens (including phenoxy) is 1. The first kappa shape index (κ1) is 13.7. The van der Waals surface area contributed by atoms with Gasteiger partial charge in [0.05, 0.1) is 0 Å². The monoisotopic (exact) mass is 298 g/mol. The number of hydrogen-bond acceptors (Lipinski definition) is 3. The molecule has 0 fully saturated rings. The number of anilines is 1. The highest BCUT2D eigenvalue weighted by atomic mass is 35.5. The van der Waals surface area contributed by atoms with E-state index in [0.717, 1.165) is 33.7 Å². The van der Waals surface area contributed by atoms with E-state index in [1.165, 1.54) is 0 Å². The number of benzene rings is 2. The zero-order chi connectivity index (χ0) is 14.8. The Kier molecular flexibility index (Phi) is 3.67. The Balaban J connectivity index is 2.04. The molecule has 3 aromatic rings. The number of fused-ring (bicyclic) bond motifs is 1. The van der Waals surface area contributed by atoms with Crippen LogP contribution in [0, 0.1) is 0 Å². The second-order valence-electron chi connectivity index (χ2n) is 4.76. The molecule has 0 unspecified atom stereocenters. The SMILES string of the molecule is CCc1cc(Oc2ccc(N)c3cccnc23)ccc1Cl. The van der Waals surface area contributed by atoms with Gasteiger partial charge in [-0.3, -0.25) is 4.98 Å². The number of nitrogen functional groups attached to an aromatic ring is 1. The summed E-state index contributed by atoms with van der Waals surface area (Å²) in [5.74, 6) is 1.43. The molecule has 0 aliphatic heterocycles. The van der Waals surface area contributed by atoms with Gasteiger partial charge in [0.25, 0.3) is 0 Å². The van der Waals surface area contributed by atoms with Gasteiger partial charge in [0.15, 0.2) is 5.75 Å². The van der Waals surface area contributed by atoms with Gasteiger partial charge < -0.3 is 10.5 Å². The highest BCUT2D eigenvalue weighted by Crippen LogP contribution is 2.33. The summed E-state index contributed by atoms with van der Waals surface area (Å²) in [6.45, 7) is 2.06. The van der Waals surface area contributed by atoms with E-state index in [-0.39, 0.29) is 0 Å². The van der Waals surface area contributed by atoms with Crippen molar-refractivity contribution in [1.29, 1.82) is 0 Å². The Morgan fingerprint density at radius 2 is 2.05 bits per heavy atom. The third-order valence-corrected chi connectivity index (χ3v) is 3.76. The summed E-state index contributed by atoms with van der Waals surface area (Å²) >= 11 is 6.13. The van der Waals surface area contributed by atoms with Gasteiger partial charge >= 0.3 is 0 Å². The summed E-state index contributed by atoms with van der Waals surface area (Å²) in [6.07, 6.45) is 2.59. The van der Waals surface area contributed by atoms with Crippen molar-refractivity contribution in [1.82, 2.24) is 4.98 Å². The molecule has 0 atom stereocenters. The van der Waals surface area contributed by atoms with Crippen molar-refractivity contribution in [2.24, 2.45) is 0 Å². The first-order chi connectivity index (χ1) is 10.2. The van der Waals surface area contributed by atoms with Crippen LogP contribution in [0.3, 0.4) is 0 Å². The van der Waals surface area contributed by atoms with Crippen LogP contribution in [0.25, 0.3) is 10.9 Å². The lowest BCUT2D eigenvalue weighted by Crippen LogP contribution is -1.93. The molecule has 0 aliphatic carbocycles. The number of aromatic nitrogens is 1. The van der Waals surface area contributed by atoms with Crippen molar-refractivity contribution >= 4 is 28.2 Å². The van der Waals surface area contributed by atoms with Crippen LogP contribution in [0.1, 0.15) is 12.5 Å². The van der Waals surface area contributed by atoms with Gasteiger partial charge in [0, 0.05) is 22.3 Å². The number of aryl methyl sites for hydroxylation is 1. The summed E-state index contributed by atoms with van der Waals surface area (Å²) in [7, 11) is 0. The molecule has 2 N–H and O–H groups in total. The molecule has 4 heteroatoms. The van der Waals surface area contributed by atoms with E-state index in [4.69, 9.17) is 22.1 Å². The molecule has 0 aliphatic rings. The Morgan fingerprint density at radius 3 is 2.86 bits per heavy atom. The second kappa shape index (κ2) is 5.62. The van der Waals surface area contributed by atoms with Crippen LogP contribution in [0.4, 0.5) is 5.69 Å². The summed E-state index contributed by atoms with van der Waals surface area (Å²) in [5, 5.41) is 1.64. The minimum absolute atomic E-state index is 0.684. The number of nitrogens with two attached hydrogens (primary N) is 1. The Bertz CT molecular complexity index is 802. The Labute approximate surface area is 128 Å². The lowest BCUT2D eigenvalue weighted by molar-refractivity contribution is 0.486. The normalized spacial score (nSPS) is 10.8. The summed E-state index contributed by atoms with van der Waals surface area (Å²) in [5.41, 5.74) is 8.47. The molecule has 0 spiro atoms. The van der Waals surface area contributed by atoms with E-state index in [1.807, 2.05) is 42.5 Å². The van der Waals surface area contributed by atoms with Gasteiger partial charge in [-0.1, -0.05) is 18.5 Å². The van der Waals surface area contributed by atoms with Crippen molar-refractivity contribution < 1.29 is 4.74 Å². The lowest BCUT2D eigenvalue weighted by atomic mass is 10.1. The second-order valence-corrected chi connectivity index (χ2v) is 5.17. The molecule has 0 radical (unpaired) electrons. The van der Waals surface area contributed by atoms with Gasteiger partial charge in [0.2, 0.25) is 0 Å². The molecule has 0 bridgehead atoms. The summed E-state index contributed by atoms with van der Waals surface area (Å²) in [6, 6.07) is 13.1. The molecule has 1 aromatic heterocycles. The molecule has 21 heavy (non-hydrogen) atoms. The average Bonchev–Trinajstić information content (AvgIpc) is 2.52. The maximum Gasteiger partial charge on any atom is 0.153 e. The van der Waals surface area contributed by atoms with Gasteiger partial charge in [0.1, 0.15) is 11.3 Å². The molecule has 0 saturated heterocycles. The van der Waals surface area contributed by atoms with Crippen LogP contribution in [0.15, 0.2) is 48.7 Å². The fourth-order valence-electron chi connectivity index (χ4n) is 2.26. The van der Waals surface area contributed by atoms with Crippen molar-refractivity contribution in [2.45, 2.75) is 13.3 Å². The smallest absolute Gasteiger partial charge is 0.153 e. The topological polar surface area (TPSA) is 48.1 Å². The minimum Gasteiger partial charge on any atom is -0.455 e. The number of rotatable bonds is 3. The Morgan fingerprint density at radius 1 is 1.19 bits per heavy atom. The van der Waals surface area contributed by atoms with Crippen molar-refractivity contribution in [3.8, 4) is 11.5 Å². The number of pyridine rings is 1. The standard InChI is InChI=1S/C17H15ClN2O/c1-2-11-10-12(5-6-14(11)18)21-16-8-7-15(19)13-4-3-9-20-17(13)16/h3-10H,2,19H2,1H3. The first-order valence-corrected chi connectivity index (χ1v) is 7.16. The predicted molar refractivity (Wildman–Crippen MR) is 87.1 cm³/mol. The Hall–Kier alpha value is -2.26. The van der Waals surface area contributed by atoms with Crippen molar-refractivity contribution in [3.05, 3.63) is 59.2 Å². The molecule has 3 rings (SSSR count). The zero-order valence-electron chi connectivity index (χ0n) is 11.6. The van der Waals surface area contributed by atoms with E-state index in [0.29, 0.717) is 11.4 Å². The van der Waals surface area contributed by atoms with Crippen molar-refractivity contribution in [2.75, 3.05) is 5.73 Å². The molecular formula is C17H15ClN2O. The number of nitrogens with zero attached hydrogens (tertiary/aromatic N) is 1. The van der Waals surface area contributed by atoms with Crippen molar-refractivity contribution in [3.63, 3.8) is 0 Å². The molecule has 0 amide bonds. The predicted octanol–water partition coefficient (Wildman–Crippen LogP) is 4.83. The third kappa shape index (κ3) is 2.65. The quantitative estimate of drug-likeness (QED) is 0.705. The highest BCUT2D eigenvalue weighted by Gasteiger charge is 2.08. The fraction of sp³-hybridized carbons (Fsp3) is 0.118. The molecule has 3 nitrogen and oxygen atoms in total. The van der Waals surface area contributed by atoms with E-state index in [1.54, 1.807) is 6.20 Å². The van der Waals surface area contributed by atoms with E-state index >= 15 is 0 Å². The van der Waals surface area contributed by atoms with Gasteiger partial charge in [-0.05, 0) is 54.4 Å². The van der Waals surface area contributed by atoms with Crippen LogP contribution in [0.5, 0.6) is 11.5 Å². The largest absolute Gasteiger partial charge is 0.455 e. The van der Waals surface area contributed by atoms with Gasteiger partial charge in [-0.2, -0.15) is 0 Å². The van der Waals surface area contributed by atoms with Crippen LogP contribution >= 0.6 is 11.6 Å². The summed E-state index contributed by atoms with van der Waals surface area (Å²) in [4.78, 5) is 4.37. The number of hydrogen-bond donors (Lipinski definition) is 1. The van der Waals surface area contributed by atoms with Gasteiger partial charge in [-0.15, -0.1) is 0 Å². The first-order valence-electron chi connectivity index (χ1n) is 6.78. The molecule has 106 valence electrons. The van der Waals surface area contributed by atoms with Crippen LogP contribution in [-0.2, 0) is 6.42 Å². The molecule has 0 saturated carbocycles. The molecule has 2 aromatic carbocycles. The summed E-state index contributed by atoms with van der Waals surface area (Å²) < 4.78 is 5.97. The van der Waals surface area contributed by atoms with Gasteiger partial charge in [-0.25, -0.2) is 0 Å². The highest BCUT2D eigenvalue weighted by molar-refractivity contribution is 6.31. The average molecular weight is 299 g/mol. The maximum atomic E-state index is 6.13. The maximum absolute atomic E-state index is 6.13. The van der Waals surface area contributed by atoms with E-state index in [9.17, 15) is 0 Å². The fourth-order valence-corrected chi connectivity index (χ4v) is 2.51. The van der Waals surface area contributed by atoms with Crippen LogP contribution in [-0.4, -0.2) is 4.98 Å².